The maximum Gasteiger partial charge on any atom is 0.141 e. The van der Waals surface area contributed by atoms with E-state index in [0.717, 1.165) is 41.4 Å². The summed E-state index contributed by atoms with van der Waals surface area (Å²) in [5.74, 6) is 0.806. The van der Waals surface area contributed by atoms with Crippen LogP contribution in [0.1, 0.15) is 29.7 Å². The molecule has 0 saturated carbocycles. The molecule has 20 heavy (non-hydrogen) atoms. The fraction of sp³-hybridized carbons (Fsp3) is 0.467. The van der Waals surface area contributed by atoms with Crippen molar-refractivity contribution in [1.29, 1.82) is 0 Å². The molecule has 5 nitrogen and oxygen atoms in total. The Labute approximate surface area is 119 Å². The molecule has 0 fully saturated rings. The van der Waals surface area contributed by atoms with Gasteiger partial charge in [0, 0.05) is 19.2 Å². The Morgan fingerprint density at radius 2 is 2.15 bits per heavy atom. The van der Waals surface area contributed by atoms with Crippen molar-refractivity contribution < 1.29 is 4.74 Å². The first-order valence-electron chi connectivity index (χ1n) is 6.95. The summed E-state index contributed by atoms with van der Waals surface area (Å²) in [6.07, 6.45) is 1.65. The van der Waals surface area contributed by atoms with Gasteiger partial charge >= 0.3 is 0 Å². The van der Waals surface area contributed by atoms with E-state index in [0.29, 0.717) is 13.2 Å². The largest absolute Gasteiger partial charge is 0.485 e. The molecular formula is C15H22N4O. The molecule has 0 amide bonds. The van der Waals surface area contributed by atoms with Crippen LogP contribution >= 0.6 is 0 Å². The third kappa shape index (κ3) is 3.36. The fourth-order valence-electron chi connectivity index (χ4n) is 2.08. The summed E-state index contributed by atoms with van der Waals surface area (Å²) in [6.45, 7) is 5.12. The molecule has 2 N–H and O–H groups in total. The second-order valence-electron chi connectivity index (χ2n) is 4.83. The van der Waals surface area contributed by atoms with Crippen molar-refractivity contribution >= 4 is 0 Å². The number of rotatable bonds is 6. The van der Waals surface area contributed by atoms with Gasteiger partial charge in [-0.2, -0.15) is 5.10 Å². The highest BCUT2D eigenvalue weighted by Gasteiger charge is 2.08. The lowest BCUT2D eigenvalue weighted by Gasteiger charge is -2.11. The van der Waals surface area contributed by atoms with Gasteiger partial charge in [-0.15, -0.1) is 0 Å². The summed E-state index contributed by atoms with van der Waals surface area (Å²) in [5.41, 5.74) is 9.66. The van der Waals surface area contributed by atoms with Gasteiger partial charge in [-0.25, -0.2) is 0 Å². The molecule has 2 aromatic rings. The Morgan fingerprint density at radius 1 is 1.35 bits per heavy atom. The number of aromatic nitrogens is 3. The van der Waals surface area contributed by atoms with Gasteiger partial charge in [0.05, 0.1) is 17.1 Å². The molecule has 5 heteroatoms. The number of pyridine rings is 1. The lowest BCUT2D eigenvalue weighted by atomic mass is 10.2. The van der Waals surface area contributed by atoms with Crippen molar-refractivity contribution in [2.24, 2.45) is 12.8 Å². The SMILES string of the molecule is CCc1cc(COc2ccc(C)nc2CCN)n(C)n1. The normalized spacial score (nSPS) is 10.8. The Bertz CT molecular complexity index is 577. The zero-order chi connectivity index (χ0) is 14.5. The minimum Gasteiger partial charge on any atom is -0.485 e. The van der Waals surface area contributed by atoms with Crippen molar-refractivity contribution in [3.63, 3.8) is 0 Å². The zero-order valence-corrected chi connectivity index (χ0v) is 12.4. The van der Waals surface area contributed by atoms with Gasteiger partial charge in [-0.05, 0) is 38.1 Å². The number of nitrogens with two attached hydrogens (primary N) is 1. The molecule has 0 atom stereocenters. The molecule has 0 bridgehead atoms. The smallest absolute Gasteiger partial charge is 0.141 e. The van der Waals surface area contributed by atoms with E-state index in [9.17, 15) is 0 Å². The van der Waals surface area contributed by atoms with Crippen molar-refractivity contribution in [3.8, 4) is 5.75 Å². The number of nitrogens with zero attached hydrogens (tertiary/aromatic N) is 3. The van der Waals surface area contributed by atoms with Crippen LogP contribution < -0.4 is 10.5 Å². The first-order valence-corrected chi connectivity index (χ1v) is 6.95. The van der Waals surface area contributed by atoms with Crippen molar-refractivity contribution in [2.45, 2.75) is 33.3 Å². The standard InChI is InChI=1S/C15H22N4O/c1-4-12-9-13(19(3)18-12)10-20-15-6-5-11(2)17-14(15)7-8-16/h5-6,9H,4,7-8,10,16H2,1-3H3. The predicted octanol–water partition coefficient (Wildman–Crippen LogP) is 1.77. The maximum absolute atomic E-state index is 5.89. The van der Waals surface area contributed by atoms with Gasteiger partial charge in [0.1, 0.15) is 12.4 Å². The van der Waals surface area contributed by atoms with E-state index in [1.165, 1.54) is 0 Å². The van der Waals surface area contributed by atoms with Gasteiger partial charge in [0.2, 0.25) is 0 Å². The van der Waals surface area contributed by atoms with E-state index < -0.39 is 0 Å². The van der Waals surface area contributed by atoms with Crippen LogP contribution in [0, 0.1) is 6.92 Å². The summed E-state index contributed by atoms with van der Waals surface area (Å²) >= 11 is 0. The molecule has 0 aliphatic rings. The maximum atomic E-state index is 5.89. The first kappa shape index (κ1) is 14.5. The summed E-state index contributed by atoms with van der Waals surface area (Å²) in [4.78, 5) is 4.49. The average molecular weight is 274 g/mol. The van der Waals surface area contributed by atoms with Crippen LogP contribution in [0.4, 0.5) is 0 Å². The van der Waals surface area contributed by atoms with Crippen LogP contribution in [0.25, 0.3) is 0 Å². The lowest BCUT2D eigenvalue weighted by molar-refractivity contribution is 0.290. The monoisotopic (exact) mass is 274 g/mol. The van der Waals surface area contributed by atoms with E-state index in [2.05, 4.69) is 23.1 Å². The molecule has 0 radical (unpaired) electrons. The minimum absolute atomic E-state index is 0.492. The highest BCUT2D eigenvalue weighted by Crippen LogP contribution is 2.19. The van der Waals surface area contributed by atoms with Gasteiger partial charge < -0.3 is 10.5 Å². The lowest BCUT2D eigenvalue weighted by Crippen LogP contribution is -2.09. The van der Waals surface area contributed by atoms with Crippen molar-refractivity contribution in [3.05, 3.63) is 41.0 Å². The average Bonchev–Trinajstić information content (AvgIpc) is 2.79. The van der Waals surface area contributed by atoms with E-state index in [4.69, 9.17) is 10.5 Å². The van der Waals surface area contributed by atoms with Crippen LogP contribution in [-0.2, 0) is 26.5 Å². The van der Waals surface area contributed by atoms with Crippen LogP contribution in [-0.4, -0.2) is 21.3 Å². The molecular weight excluding hydrogens is 252 g/mol. The van der Waals surface area contributed by atoms with Crippen LogP contribution in [0.15, 0.2) is 18.2 Å². The van der Waals surface area contributed by atoms with Crippen molar-refractivity contribution in [1.82, 2.24) is 14.8 Å². The molecule has 2 aromatic heterocycles. The Balaban J connectivity index is 2.11. The highest BCUT2D eigenvalue weighted by atomic mass is 16.5. The summed E-state index contributed by atoms with van der Waals surface area (Å²) in [5, 5.41) is 4.42. The molecule has 0 saturated heterocycles. The van der Waals surface area contributed by atoms with Crippen LogP contribution in [0.2, 0.25) is 0 Å². The predicted molar refractivity (Wildman–Crippen MR) is 78.7 cm³/mol. The number of ether oxygens (including phenoxy) is 1. The van der Waals surface area contributed by atoms with Gasteiger partial charge in [0.25, 0.3) is 0 Å². The van der Waals surface area contributed by atoms with E-state index in [-0.39, 0.29) is 0 Å². The quantitative estimate of drug-likeness (QED) is 0.871. The Morgan fingerprint density at radius 3 is 2.80 bits per heavy atom. The molecule has 2 heterocycles. The number of aryl methyl sites for hydroxylation is 3. The Kier molecular flexibility index (Phi) is 4.74. The molecule has 0 aromatic carbocycles. The minimum atomic E-state index is 0.492. The fourth-order valence-corrected chi connectivity index (χ4v) is 2.08. The van der Waals surface area contributed by atoms with Crippen LogP contribution in [0.3, 0.4) is 0 Å². The summed E-state index contributed by atoms with van der Waals surface area (Å²) in [7, 11) is 1.94. The van der Waals surface area contributed by atoms with Crippen LogP contribution in [0.5, 0.6) is 5.75 Å². The zero-order valence-electron chi connectivity index (χ0n) is 12.4. The molecule has 0 unspecified atom stereocenters. The first-order chi connectivity index (χ1) is 9.63. The third-order valence-electron chi connectivity index (χ3n) is 3.22. The van der Waals surface area contributed by atoms with E-state index >= 15 is 0 Å². The Hall–Kier alpha value is -1.88. The molecule has 0 aliphatic carbocycles. The molecule has 0 spiro atoms. The summed E-state index contributed by atoms with van der Waals surface area (Å²) in [6, 6.07) is 5.99. The van der Waals surface area contributed by atoms with Gasteiger partial charge in [-0.1, -0.05) is 6.92 Å². The molecule has 2 rings (SSSR count). The number of hydrogen-bond donors (Lipinski definition) is 1. The number of hydrogen-bond acceptors (Lipinski definition) is 4. The summed E-state index contributed by atoms with van der Waals surface area (Å²) < 4.78 is 7.75. The topological polar surface area (TPSA) is 66.0 Å². The highest BCUT2D eigenvalue weighted by molar-refractivity contribution is 5.29. The van der Waals surface area contributed by atoms with E-state index in [1.807, 2.05) is 30.8 Å². The molecule has 108 valence electrons. The van der Waals surface area contributed by atoms with Gasteiger partial charge in [-0.3, -0.25) is 9.67 Å². The van der Waals surface area contributed by atoms with E-state index in [1.54, 1.807) is 0 Å². The second-order valence-corrected chi connectivity index (χ2v) is 4.83. The molecule has 0 aliphatic heterocycles. The third-order valence-corrected chi connectivity index (χ3v) is 3.22. The second kappa shape index (κ2) is 6.52. The van der Waals surface area contributed by atoms with Gasteiger partial charge in [0.15, 0.2) is 0 Å². The van der Waals surface area contributed by atoms with Crippen molar-refractivity contribution in [2.75, 3.05) is 6.54 Å².